The van der Waals surface area contributed by atoms with E-state index in [1.165, 1.54) is 0 Å². The molecule has 0 saturated heterocycles. The molecule has 5 heteroatoms. The highest BCUT2D eigenvalue weighted by atomic mass is 16.5. The maximum atomic E-state index is 12.8. The van der Waals surface area contributed by atoms with Crippen LogP contribution in [0.15, 0.2) is 78.9 Å². The van der Waals surface area contributed by atoms with Crippen molar-refractivity contribution < 1.29 is 14.3 Å². The average Bonchev–Trinajstić information content (AvgIpc) is 3.58. The Morgan fingerprint density at radius 1 is 0.793 bits per heavy atom. The number of rotatable bonds is 6. The molecule has 1 fully saturated rings. The van der Waals surface area contributed by atoms with Crippen LogP contribution in [-0.2, 0) is 10.2 Å². The fraction of sp³-hybridized carbons (Fsp3) is 0.167. The molecule has 5 nitrogen and oxygen atoms in total. The first-order chi connectivity index (χ1) is 14.1. The molecular formula is C24H22N2O3. The third-order valence-corrected chi connectivity index (χ3v) is 5.26. The quantitative estimate of drug-likeness (QED) is 0.650. The van der Waals surface area contributed by atoms with Gasteiger partial charge in [0.25, 0.3) is 5.91 Å². The molecule has 29 heavy (non-hydrogen) atoms. The van der Waals surface area contributed by atoms with E-state index in [0.717, 1.165) is 24.2 Å². The molecule has 0 bridgehead atoms. The van der Waals surface area contributed by atoms with Gasteiger partial charge >= 0.3 is 0 Å². The number of ether oxygens (including phenoxy) is 1. The molecule has 0 spiro atoms. The van der Waals surface area contributed by atoms with Gasteiger partial charge in [-0.15, -0.1) is 0 Å². The SMILES string of the molecule is COc1ccc(NC(=O)c2ccc(NC(=O)C3(c4ccccc4)CC3)cc2)cc1. The van der Waals surface area contributed by atoms with Crippen LogP contribution in [0.5, 0.6) is 5.75 Å². The normalized spacial score (nSPS) is 14.0. The molecule has 1 aliphatic rings. The second kappa shape index (κ2) is 7.80. The summed E-state index contributed by atoms with van der Waals surface area (Å²) in [5.41, 5.74) is 2.51. The summed E-state index contributed by atoms with van der Waals surface area (Å²) in [5, 5.41) is 5.83. The predicted octanol–water partition coefficient (Wildman–Crippen LogP) is 4.62. The van der Waals surface area contributed by atoms with Gasteiger partial charge in [0.2, 0.25) is 5.91 Å². The maximum absolute atomic E-state index is 12.8. The third kappa shape index (κ3) is 3.99. The Morgan fingerprint density at radius 3 is 1.97 bits per heavy atom. The van der Waals surface area contributed by atoms with Crippen LogP contribution in [0.25, 0.3) is 0 Å². The summed E-state index contributed by atoms with van der Waals surface area (Å²) in [7, 11) is 1.60. The van der Waals surface area contributed by atoms with Crippen LogP contribution < -0.4 is 15.4 Å². The van der Waals surface area contributed by atoms with Crippen molar-refractivity contribution in [3.05, 3.63) is 90.0 Å². The molecule has 3 aromatic rings. The van der Waals surface area contributed by atoms with Gasteiger partial charge in [0, 0.05) is 16.9 Å². The molecule has 0 atom stereocenters. The van der Waals surface area contributed by atoms with Crippen LogP contribution in [0.4, 0.5) is 11.4 Å². The molecule has 0 aromatic heterocycles. The Balaban J connectivity index is 1.40. The van der Waals surface area contributed by atoms with Crippen LogP contribution in [0.2, 0.25) is 0 Å². The Hall–Kier alpha value is -3.60. The van der Waals surface area contributed by atoms with Crippen molar-refractivity contribution in [2.75, 3.05) is 17.7 Å². The summed E-state index contributed by atoms with van der Waals surface area (Å²) in [6.45, 7) is 0. The molecule has 4 rings (SSSR count). The minimum atomic E-state index is -0.425. The first kappa shape index (κ1) is 18.7. The standard InChI is InChI=1S/C24H22N2O3/c1-29-21-13-11-19(12-14-21)25-22(27)17-7-9-20(10-8-17)26-23(28)24(15-16-24)18-5-3-2-4-6-18/h2-14H,15-16H2,1H3,(H,25,27)(H,26,28). The number of benzene rings is 3. The van der Waals surface area contributed by atoms with Crippen molar-refractivity contribution >= 4 is 23.2 Å². The van der Waals surface area contributed by atoms with E-state index in [2.05, 4.69) is 10.6 Å². The van der Waals surface area contributed by atoms with E-state index in [1.54, 1.807) is 55.6 Å². The van der Waals surface area contributed by atoms with E-state index in [0.29, 0.717) is 16.9 Å². The van der Waals surface area contributed by atoms with Crippen molar-refractivity contribution in [3.63, 3.8) is 0 Å². The van der Waals surface area contributed by atoms with Crippen LogP contribution in [0.3, 0.4) is 0 Å². The second-order valence-corrected chi connectivity index (χ2v) is 7.16. The fourth-order valence-corrected chi connectivity index (χ4v) is 3.36. The van der Waals surface area contributed by atoms with Crippen LogP contribution in [-0.4, -0.2) is 18.9 Å². The summed E-state index contributed by atoms with van der Waals surface area (Å²) in [6, 6.07) is 23.9. The highest BCUT2D eigenvalue weighted by Crippen LogP contribution is 2.48. The van der Waals surface area contributed by atoms with Crippen molar-refractivity contribution in [2.24, 2.45) is 0 Å². The number of carbonyl (C=O) groups is 2. The Kier molecular flexibility index (Phi) is 5.04. The topological polar surface area (TPSA) is 67.4 Å². The monoisotopic (exact) mass is 386 g/mol. The summed E-state index contributed by atoms with van der Waals surface area (Å²) in [6.07, 6.45) is 1.70. The summed E-state index contributed by atoms with van der Waals surface area (Å²) >= 11 is 0. The van der Waals surface area contributed by atoms with E-state index >= 15 is 0 Å². The predicted molar refractivity (Wildman–Crippen MR) is 113 cm³/mol. The van der Waals surface area contributed by atoms with Gasteiger partial charge in [0.05, 0.1) is 12.5 Å². The zero-order chi connectivity index (χ0) is 20.3. The molecule has 0 radical (unpaired) electrons. The number of amides is 2. The van der Waals surface area contributed by atoms with Gasteiger partial charge in [-0.3, -0.25) is 9.59 Å². The van der Waals surface area contributed by atoms with Gasteiger partial charge in [-0.1, -0.05) is 30.3 Å². The number of hydrogen-bond acceptors (Lipinski definition) is 3. The first-order valence-electron chi connectivity index (χ1n) is 9.53. The highest BCUT2D eigenvalue weighted by molar-refractivity contribution is 6.05. The molecule has 3 aromatic carbocycles. The van der Waals surface area contributed by atoms with Gasteiger partial charge < -0.3 is 15.4 Å². The van der Waals surface area contributed by atoms with Gasteiger partial charge in [-0.2, -0.15) is 0 Å². The first-order valence-corrected chi connectivity index (χ1v) is 9.53. The molecule has 0 aliphatic heterocycles. The van der Waals surface area contributed by atoms with E-state index < -0.39 is 5.41 Å². The maximum Gasteiger partial charge on any atom is 0.255 e. The van der Waals surface area contributed by atoms with Crippen molar-refractivity contribution in [3.8, 4) is 5.75 Å². The molecular weight excluding hydrogens is 364 g/mol. The van der Waals surface area contributed by atoms with Gasteiger partial charge in [-0.25, -0.2) is 0 Å². The molecule has 2 N–H and O–H groups in total. The van der Waals surface area contributed by atoms with E-state index in [9.17, 15) is 9.59 Å². The molecule has 146 valence electrons. The molecule has 2 amide bonds. The van der Waals surface area contributed by atoms with E-state index in [-0.39, 0.29) is 11.8 Å². The minimum Gasteiger partial charge on any atom is -0.497 e. The van der Waals surface area contributed by atoms with E-state index in [4.69, 9.17) is 4.74 Å². The van der Waals surface area contributed by atoms with Crippen molar-refractivity contribution in [1.29, 1.82) is 0 Å². The smallest absolute Gasteiger partial charge is 0.255 e. The lowest BCUT2D eigenvalue weighted by molar-refractivity contribution is -0.118. The molecule has 0 heterocycles. The molecule has 0 unspecified atom stereocenters. The van der Waals surface area contributed by atoms with E-state index in [1.807, 2.05) is 30.3 Å². The summed E-state index contributed by atoms with van der Waals surface area (Å²) in [4.78, 5) is 25.2. The van der Waals surface area contributed by atoms with Gasteiger partial charge in [-0.05, 0) is 66.9 Å². The Morgan fingerprint density at radius 2 is 1.38 bits per heavy atom. The van der Waals surface area contributed by atoms with Crippen LogP contribution in [0, 0.1) is 0 Å². The number of carbonyl (C=O) groups excluding carboxylic acids is 2. The lowest BCUT2D eigenvalue weighted by Crippen LogP contribution is -2.27. The summed E-state index contributed by atoms with van der Waals surface area (Å²) < 4.78 is 5.11. The number of nitrogens with one attached hydrogen (secondary N) is 2. The fourth-order valence-electron chi connectivity index (χ4n) is 3.36. The van der Waals surface area contributed by atoms with Crippen LogP contribution in [0.1, 0.15) is 28.8 Å². The average molecular weight is 386 g/mol. The van der Waals surface area contributed by atoms with Crippen molar-refractivity contribution in [2.45, 2.75) is 18.3 Å². The lowest BCUT2D eigenvalue weighted by atomic mass is 9.95. The Bertz CT molecular complexity index is 1010. The number of hydrogen-bond donors (Lipinski definition) is 2. The molecule has 1 saturated carbocycles. The largest absolute Gasteiger partial charge is 0.497 e. The highest BCUT2D eigenvalue weighted by Gasteiger charge is 2.51. The van der Waals surface area contributed by atoms with Crippen LogP contribution >= 0.6 is 0 Å². The molecule has 1 aliphatic carbocycles. The zero-order valence-corrected chi connectivity index (χ0v) is 16.1. The lowest BCUT2D eigenvalue weighted by Gasteiger charge is -2.16. The number of methoxy groups -OCH3 is 1. The van der Waals surface area contributed by atoms with Crippen molar-refractivity contribution in [1.82, 2.24) is 0 Å². The Labute approximate surface area is 169 Å². The zero-order valence-electron chi connectivity index (χ0n) is 16.1. The second-order valence-electron chi connectivity index (χ2n) is 7.16. The van der Waals surface area contributed by atoms with Gasteiger partial charge in [0.1, 0.15) is 5.75 Å². The van der Waals surface area contributed by atoms with Gasteiger partial charge in [0.15, 0.2) is 0 Å². The number of anilines is 2. The minimum absolute atomic E-state index is 0.000802. The third-order valence-electron chi connectivity index (χ3n) is 5.26. The summed E-state index contributed by atoms with van der Waals surface area (Å²) in [5.74, 6) is 0.516.